The van der Waals surface area contributed by atoms with Crippen molar-refractivity contribution in [2.75, 3.05) is 13.1 Å². The summed E-state index contributed by atoms with van der Waals surface area (Å²) in [6, 6.07) is 1.80. The van der Waals surface area contributed by atoms with Crippen molar-refractivity contribution < 1.29 is 4.39 Å². The smallest absolute Gasteiger partial charge is 0.224 e. The zero-order chi connectivity index (χ0) is 12.7. The van der Waals surface area contributed by atoms with Crippen LogP contribution in [0, 0.1) is 6.92 Å². The summed E-state index contributed by atoms with van der Waals surface area (Å²) in [4.78, 5) is 8.20. The fourth-order valence-corrected chi connectivity index (χ4v) is 2.76. The van der Waals surface area contributed by atoms with E-state index in [0.29, 0.717) is 6.54 Å². The molecule has 6 heteroatoms. The molecule has 2 aromatic heterocycles. The van der Waals surface area contributed by atoms with Gasteiger partial charge in [-0.2, -0.15) is 4.98 Å². The van der Waals surface area contributed by atoms with Crippen LogP contribution >= 0.6 is 11.6 Å². The van der Waals surface area contributed by atoms with Gasteiger partial charge >= 0.3 is 0 Å². The molecule has 18 heavy (non-hydrogen) atoms. The van der Waals surface area contributed by atoms with E-state index in [1.807, 2.05) is 17.6 Å². The standard InChI is InChI=1S/C12H14ClFN4/c1-7-4-8-5-16-12(13)17-11(8)18(7)10-2-3-15-6-9(10)14/h4-5,9-10,15H,2-3,6H2,1H3/t9-,10-/m0/s1. The summed E-state index contributed by atoms with van der Waals surface area (Å²) in [6.45, 7) is 3.18. The third kappa shape index (κ3) is 1.87. The Balaban J connectivity index is 2.14. The molecular formula is C12H14ClFN4. The van der Waals surface area contributed by atoms with Crippen molar-refractivity contribution in [2.45, 2.75) is 25.6 Å². The Morgan fingerprint density at radius 1 is 1.56 bits per heavy atom. The Hall–Kier alpha value is -1.20. The molecule has 0 bridgehead atoms. The molecule has 1 aliphatic heterocycles. The molecule has 0 unspecified atom stereocenters. The van der Waals surface area contributed by atoms with Gasteiger partial charge in [-0.1, -0.05) is 0 Å². The predicted octanol–water partition coefficient (Wildman–Crippen LogP) is 2.27. The highest BCUT2D eigenvalue weighted by atomic mass is 35.5. The Morgan fingerprint density at radius 2 is 2.39 bits per heavy atom. The first-order valence-electron chi connectivity index (χ1n) is 6.01. The molecule has 2 atom stereocenters. The Labute approximate surface area is 109 Å². The largest absolute Gasteiger partial charge is 0.324 e. The van der Waals surface area contributed by atoms with Gasteiger partial charge in [0.25, 0.3) is 0 Å². The number of piperidine rings is 1. The van der Waals surface area contributed by atoms with Gasteiger partial charge in [0, 0.05) is 23.8 Å². The molecule has 0 aromatic carbocycles. The van der Waals surface area contributed by atoms with E-state index in [4.69, 9.17) is 11.6 Å². The van der Waals surface area contributed by atoms with Crippen LogP contribution in [0.4, 0.5) is 4.39 Å². The quantitative estimate of drug-likeness (QED) is 0.807. The summed E-state index contributed by atoms with van der Waals surface area (Å²) < 4.78 is 16.0. The summed E-state index contributed by atoms with van der Waals surface area (Å²) in [5, 5.41) is 4.16. The molecule has 1 fully saturated rings. The third-order valence-electron chi connectivity index (χ3n) is 3.44. The molecule has 0 saturated carbocycles. The second-order valence-electron chi connectivity index (χ2n) is 4.65. The number of halogens is 2. The van der Waals surface area contributed by atoms with Crippen LogP contribution in [-0.4, -0.2) is 33.8 Å². The van der Waals surface area contributed by atoms with E-state index >= 15 is 0 Å². The molecule has 0 radical (unpaired) electrons. The van der Waals surface area contributed by atoms with E-state index in [2.05, 4.69) is 15.3 Å². The monoisotopic (exact) mass is 268 g/mol. The molecule has 0 amide bonds. The van der Waals surface area contributed by atoms with E-state index in [0.717, 1.165) is 29.7 Å². The normalized spacial score (nSPS) is 24.6. The summed E-state index contributed by atoms with van der Waals surface area (Å²) in [6.07, 6.45) is 1.54. The number of aryl methyl sites for hydroxylation is 1. The van der Waals surface area contributed by atoms with Crippen LogP contribution in [0.5, 0.6) is 0 Å². The first kappa shape index (κ1) is 11.9. The minimum absolute atomic E-state index is 0.172. The van der Waals surface area contributed by atoms with E-state index in [9.17, 15) is 4.39 Å². The highest BCUT2D eigenvalue weighted by Gasteiger charge is 2.28. The van der Waals surface area contributed by atoms with E-state index < -0.39 is 6.17 Å². The lowest BCUT2D eigenvalue weighted by atomic mass is 10.0. The van der Waals surface area contributed by atoms with Crippen molar-refractivity contribution in [1.82, 2.24) is 19.9 Å². The van der Waals surface area contributed by atoms with Crippen LogP contribution in [0.3, 0.4) is 0 Å². The van der Waals surface area contributed by atoms with Crippen LogP contribution in [-0.2, 0) is 0 Å². The number of nitrogens with zero attached hydrogens (tertiary/aromatic N) is 3. The molecule has 96 valence electrons. The van der Waals surface area contributed by atoms with Gasteiger partial charge in [0.2, 0.25) is 5.28 Å². The van der Waals surface area contributed by atoms with Gasteiger partial charge in [0.05, 0.1) is 6.04 Å². The number of hydrogen-bond acceptors (Lipinski definition) is 3. The van der Waals surface area contributed by atoms with Gasteiger partial charge in [0.1, 0.15) is 11.8 Å². The third-order valence-corrected chi connectivity index (χ3v) is 3.63. The Bertz CT molecular complexity index is 583. The maximum atomic E-state index is 14.1. The first-order valence-corrected chi connectivity index (χ1v) is 6.39. The summed E-state index contributed by atoms with van der Waals surface area (Å²) in [5.74, 6) is 0. The van der Waals surface area contributed by atoms with Crippen molar-refractivity contribution in [2.24, 2.45) is 0 Å². The second-order valence-corrected chi connectivity index (χ2v) is 4.99. The number of hydrogen-bond donors (Lipinski definition) is 1. The molecule has 1 aliphatic rings. The van der Waals surface area contributed by atoms with Gasteiger partial charge in [-0.05, 0) is 37.6 Å². The molecule has 0 aliphatic carbocycles. The Kier molecular flexibility index (Phi) is 2.95. The van der Waals surface area contributed by atoms with E-state index in [1.54, 1.807) is 6.20 Å². The maximum absolute atomic E-state index is 14.1. The van der Waals surface area contributed by atoms with Crippen LogP contribution in [0.1, 0.15) is 18.2 Å². The van der Waals surface area contributed by atoms with Crippen molar-refractivity contribution in [3.05, 3.63) is 23.2 Å². The minimum Gasteiger partial charge on any atom is -0.324 e. The average Bonchev–Trinajstić information content (AvgIpc) is 2.66. The molecule has 1 saturated heterocycles. The Morgan fingerprint density at radius 3 is 3.17 bits per heavy atom. The van der Waals surface area contributed by atoms with Crippen LogP contribution in [0.25, 0.3) is 11.0 Å². The SMILES string of the molecule is Cc1cc2cnc(Cl)nc2n1[C@H]1CCNC[C@@H]1F. The number of nitrogens with one attached hydrogen (secondary N) is 1. The molecule has 3 heterocycles. The lowest BCUT2D eigenvalue weighted by molar-refractivity contribution is 0.185. The average molecular weight is 269 g/mol. The lowest BCUT2D eigenvalue weighted by Crippen LogP contribution is -2.39. The van der Waals surface area contributed by atoms with Crippen molar-refractivity contribution in [3.63, 3.8) is 0 Å². The summed E-state index contributed by atoms with van der Waals surface area (Å²) in [5.41, 5.74) is 1.72. The lowest BCUT2D eigenvalue weighted by Gasteiger charge is -2.29. The van der Waals surface area contributed by atoms with Crippen molar-refractivity contribution in [1.29, 1.82) is 0 Å². The minimum atomic E-state index is -0.901. The highest BCUT2D eigenvalue weighted by Crippen LogP contribution is 2.29. The van der Waals surface area contributed by atoms with E-state index in [1.165, 1.54) is 0 Å². The zero-order valence-corrected chi connectivity index (χ0v) is 10.8. The molecular weight excluding hydrogens is 255 g/mol. The number of fused-ring (bicyclic) bond motifs is 1. The fourth-order valence-electron chi connectivity index (χ4n) is 2.63. The van der Waals surface area contributed by atoms with Crippen LogP contribution < -0.4 is 5.32 Å². The topological polar surface area (TPSA) is 42.7 Å². The summed E-state index contributed by atoms with van der Waals surface area (Å²) >= 11 is 5.83. The number of alkyl halides is 1. The maximum Gasteiger partial charge on any atom is 0.224 e. The van der Waals surface area contributed by atoms with Gasteiger partial charge in [0.15, 0.2) is 0 Å². The number of aromatic nitrogens is 3. The highest BCUT2D eigenvalue weighted by molar-refractivity contribution is 6.28. The van der Waals surface area contributed by atoms with Gasteiger partial charge in [-0.25, -0.2) is 9.37 Å². The number of rotatable bonds is 1. The second kappa shape index (κ2) is 4.48. The first-order chi connectivity index (χ1) is 8.66. The van der Waals surface area contributed by atoms with Crippen molar-refractivity contribution in [3.8, 4) is 0 Å². The van der Waals surface area contributed by atoms with Crippen LogP contribution in [0.15, 0.2) is 12.3 Å². The zero-order valence-electron chi connectivity index (χ0n) is 10.0. The van der Waals surface area contributed by atoms with Gasteiger partial charge < -0.3 is 9.88 Å². The molecule has 1 N–H and O–H groups in total. The predicted molar refractivity (Wildman–Crippen MR) is 68.7 cm³/mol. The molecule has 2 aromatic rings. The molecule has 0 spiro atoms. The van der Waals surface area contributed by atoms with Gasteiger partial charge in [-0.15, -0.1) is 0 Å². The van der Waals surface area contributed by atoms with Crippen molar-refractivity contribution >= 4 is 22.6 Å². The summed E-state index contributed by atoms with van der Waals surface area (Å²) in [7, 11) is 0. The van der Waals surface area contributed by atoms with E-state index in [-0.39, 0.29) is 11.3 Å². The fraction of sp³-hybridized carbons (Fsp3) is 0.500. The molecule has 4 nitrogen and oxygen atoms in total. The molecule has 3 rings (SSSR count). The van der Waals surface area contributed by atoms with Crippen LogP contribution in [0.2, 0.25) is 5.28 Å². The van der Waals surface area contributed by atoms with Gasteiger partial charge in [-0.3, -0.25) is 0 Å².